The van der Waals surface area contributed by atoms with Gasteiger partial charge in [0, 0.05) is 36.7 Å². The molecule has 3 aromatic rings. The summed E-state index contributed by atoms with van der Waals surface area (Å²) in [5.41, 5.74) is 6.61. The molecule has 0 saturated carbocycles. The standard InChI is InChI=1S/C20H21N5O3/c21-17(27)12-8-22-18(15-11-4-1-2-5-13(11)24-16(12)15)25-7-3-6-20(10-25)14(26)9-23-19(20)28/h1-2,4-5,8,14,24,26H,3,6-7,9-10H2,(H2,21,27)(H,23,28)/t14-,20?/m1/s1. The van der Waals surface area contributed by atoms with Crippen LogP contribution in [0.4, 0.5) is 5.82 Å². The molecule has 2 amide bonds. The second-order valence-corrected chi connectivity index (χ2v) is 7.69. The van der Waals surface area contributed by atoms with Crippen molar-refractivity contribution in [1.29, 1.82) is 0 Å². The lowest BCUT2D eigenvalue weighted by molar-refractivity contribution is -0.131. The fourth-order valence-corrected chi connectivity index (χ4v) is 4.69. The number of hydrogen-bond donors (Lipinski definition) is 4. The zero-order chi connectivity index (χ0) is 19.5. The normalized spacial score (nSPS) is 25.0. The van der Waals surface area contributed by atoms with Gasteiger partial charge in [-0.3, -0.25) is 9.59 Å². The zero-order valence-corrected chi connectivity index (χ0v) is 15.2. The number of carbonyl (C=O) groups is 2. The van der Waals surface area contributed by atoms with Gasteiger partial charge >= 0.3 is 0 Å². The lowest BCUT2D eigenvalue weighted by Crippen LogP contribution is -2.52. The number of hydrogen-bond acceptors (Lipinski definition) is 5. The number of β-amino-alcohol motifs (C(OH)–C–C–N with tert-alkyl or cyclic N) is 1. The Hall–Kier alpha value is -3.13. The van der Waals surface area contributed by atoms with E-state index in [9.17, 15) is 14.7 Å². The van der Waals surface area contributed by atoms with Gasteiger partial charge in [-0.1, -0.05) is 18.2 Å². The molecule has 4 heterocycles. The van der Waals surface area contributed by atoms with Gasteiger partial charge in [0.2, 0.25) is 5.91 Å². The van der Waals surface area contributed by atoms with Crippen LogP contribution in [0.3, 0.4) is 0 Å². The number of nitrogens with two attached hydrogens (primary N) is 1. The third kappa shape index (κ3) is 2.24. The molecular weight excluding hydrogens is 358 g/mol. The van der Waals surface area contributed by atoms with Gasteiger partial charge in [0.25, 0.3) is 5.91 Å². The van der Waals surface area contributed by atoms with E-state index in [1.807, 2.05) is 29.2 Å². The molecule has 0 bridgehead atoms. The van der Waals surface area contributed by atoms with Crippen LogP contribution < -0.4 is 16.0 Å². The number of amides is 2. The molecule has 8 heteroatoms. The number of piperidine rings is 1. The van der Waals surface area contributed by atoms with Crippen LogP contribution in [-0.4, -0.2) is 52.6 Å². The van der Waals surface area contributed by atoms with Gasteiger partial charge in [0.15, 0.2) is 0 Å². The van der Waals surface area contributed by atoms with E-state index < -0.39 is 17.4 Å². The zero-order valence-electron chi connectivity index (χ0n) is 15.2. The van der Waals surface area contributed by atoms with Crippen LogP contribution in [0.15, 0.2) is 30.5 Å². The van der Waals surface area contributed by atoms with Crippen molar-refractivity contribution in [2.45, 2.75) is 18.9 Å². The Morgan fingerprint density at radius 3 is 2.93 bits per heavy atom. The van der Waals surface area contributed by atoms with Gasteiger partial charge in [-0.05, 0) is 18.9 Å². The summed E-state index contributed by atoms with van der Waals surface area (Å²) in [6.45, 7) is 1.39. The summed E-state index contributed by atoms with van der Waals surface area (Å²) in [7, 11) is 0. The maximum atomic E-state index is 12.5. The summed E-state index contributed by atoms with van der Waals surface area (Å²) >= 11 is 0. The lowest BCUT2D eigenvalue weighted by atomic mass is 9.76. The van der Waals surface area contributed by atoms with Crippen molar-refractivity contribution in [2.24, 2.45) is 11.1 Å². The van der Waals surface area contributed by atoms with Crippen LogP contribution in [0.2, 0.25) is 0 Å². The van der Waals surface area contributed by atoms with Crippen LogP contribution in [0, 0.1) is 5.41 Å². The minimum atomic E-state index is -0.819. The van der Waals surface area contributed by atoms with Crippen molar-refractivity contribution in [3.63, 3.8) is 0 Å². The van der Waals surface area contributed by atoms with Crippen molar-refractivity contribution >= 4 is 39.4 Å². The summed E-state index contributed by atoms with van der Waals surface area (Å²) in [5, 5.41) is 15.0. The number of anilines is 1. The molecule has 0 radical (unpaired) electrons. The monoisotopic (exact) mass is 379 g/mol. The summed E-state index contributed by atoms with van der Waals surface area (Å²) in [5.74, 6) is 0.0494. The number of aromatic nitrogens is 2. The first-order valence-corrected chi connectivity index (χ1v) is 9.42. The van der Waals surface area contributed by atoms with Crippen molar-refractivity contribution < 1.29 is 14.7 Å². The lowest BCUT2D eigenvalue weighted by Gasteiger charge is -2.41. The summed E-state index contributed by atoms with van der Waals surface area (Å²) < 4.78 is 0. The smallest absolute Gasteiger partial charge is 0.252 e. The Bertz CT molecular complexity index is 1120. The summed E-state index contributed by atoms with van der Waals surface area (Å²) in [4.78, 5) is 34.4. The Balaban J connectivity index is 1.70. The van der Waals surface area contributed by atoms with Crippen LogP contribution in [0.25, 0.3) is 21.8 Å². The first kappa shape index (κ1) is 17.0. The minimum absolute atomic E-state index is 0.103. The molecule has 8 nitrogen and oxygen atoms in total. The molecule has 144 valence electrons. The SMILES string of the molecule is NC(=O)c1cnc(N2CCCC3(C2)C(=O)NC[C@H]3O)c2c1[nH]c1ccccc12. The Labute approximate surface area is 160 Å². The van der Waals surface area contributed by atoms with Crippen LogP contribution in [0.1, 0.15) is 23.2 Å². The quantitative estimate of drug-likeness (QED) is 0.526. The average Bonchev–Trinajstić information content (AvgIpc) is 3.21. The van der Waals surface area contributed by atoms with Gasteiger partial charge in [-0.15, -0.1) is 0 Å². The van der Waals surface area contributed by atoms with Crippen molar-refractivity contribution in [1.82, 2.24) is 15.3 Å². The van der Waals surface area contributed by atoms with Crippen LogP contribution in [0.5, 0.6) is 0 Å². The number of primary amides is 1. The Morgan fingerprint density at radius 2 is 2.18 bits per heavy atom. The number of nitrogens with zero attached hydrogens (tertiary/aromatic N) is 2. The molecule has 2 aliphatic rings. The molecule has 2 fully saturated rings. The highest BCUT2D eigenvalue weighted by atomic mass is 16.3. The molecule has 5 N–H and O–H groups in total. The van der Waals surface area contributed by atoms with Crippen molar-refractivity contribution in [3.05, 3.63) is 36.0 Å². The second-order valence-electron chi connectivity index (χ2n) is 7.69. The first-order valence-electron chi connectivity index (χ1n) is 9.42. The third-order valence-corrected chi connectivity index (χ3v) is 6.15. The van der Waals surface area contributed by atoms with E-state index in [4.69, 9.17) is 5.73 Å². The Kier molecular flexibility index (Phi) is 3.60. The molecule has 1 aromatic carbocycles. The highest BCUT2D eigenvalue weighted by Gasteiger charge is 2.52. The fourth-order valence-electron chi connectivity index (χ4n) is 4.69. The predicted octanol–water partition coefficient (Wildman–Crippen LogP) is 0.892. The molecular formula is C20H21N5O3. The fraction of sp³-hybridized carbons (Fsp3) is 0.350. The Morgan fingerprint density at radius 1 is 1.36 bits per heavy atom. The molecule has 1 unspecified atom stereocenters. The number of para-hydroxylation sites is 1. The summed E-state index contributed by atoms with van der Waals surface area (Å²) in [6.07, 6.45) is 2.19. The average molecular weight is 379 g/mol. The molecule has 2 saturated heterocycles. The van der Waals surface area contributed by atoms with E-state index in [0.717, 1.165) is 29.3 Å². The maximum Gasteiger partial charge on any atom is 0.252 e. The van der Waals surface area contributed by atoms with Gasteiger partial charge in [0.05, 0.1) is 28.0 Å². The van der Waals surface area contributed by atoms with Crippen LogP contribution in [-0.2, 0) is 4.79 Å². The van der Waals surface area contributed by atoms with E-state index in [2.05, 4.69) is 15.3 Å². The minimum Gasteiger partial charge on any atom is -0.390 e. The number of nitrogens with one attached hydrogen (secondary N) is 2. The number of fused-ring (bicyclic) bond motifs is 3. The highest BCUT2D eigenvalue weighted by Crippen LogP contribution is 2.41. The maximum absolute atomic E-state index is 12.5. The third-order valence-electron chi connectivity index (χ3n) is 6.15. The van der Waals surface area contributed by atoms with E-state index in [-0.39, 0.29) is 12.5 Å². The predicted molar refractivity (Wildman–Crippen MR) is 105 cm³/mol. The number of carbonyl (C=O) groups excluding carboxylic acids is 2. The number of aliphatic hydroxyl groups excluding tert-OH is 1. The molecule has 2 aliphatic heterocycles. The van der Waals surface area contributed by atoms with Gasteiger partial charge in [-0.25, -0.2) is 4.98 Å². The van der Waals surface area contributed by atoms with E-state index in [1.165, 1.54) is 6.20 Å². The molecule has 2 aromatic heterocycles. The number of benzene rings is 1. The number of rotatable bonds is 2. The van der Waals surface area contributed by atoms with Crippen molar-refractivity contribution in [2.75, 3.05) is 24.5 Å². The van der Waals surface area contributed by atoms with E-state index >= 15 is 0 Å². The molecule has 5 rings (SSSR count). The highest BCUT2D eigenvalue weighted by molar-refractivity contribution is 6.18. The largest absolute Gasteiger partial charge is 0.390 e. The molecule has 2 atom stereocenters. The van der Waals surface area contributed by atoms with E-state index in [0.29, 0.717) is 29.9 Å². The van der Waals surface area contributed by atoms with E-state index in [1.54, 1.807) is 0 Å². The van der Waals surface area contributed by atoms with Crippen molar-refractivity contribution in [3.8, 4) is 0 Å². The number of aliphatic hydroxyl groups is 1. The summed E-state index contributed by atoms with van der Waals surface area (Å²) in [6, 6.07) is 7.77. The van der Waals surface area contributed by atoms with Gasteiger partial charge in [0.1, 0.15) is 5.82 Å². The first-order chi connectivity index (χ1) is 13.5. The number of H-pyrrole nitrogens is 1. The second kappa shape index (κ2) is 5.93. The number of pyridine rings is 1. The molecule has 1 spiro atoms. The van der Waals surface area contributed by atoms with Crippen LogP contribution >= 0.6 is 0 Å². The molecule has 28 heavy (non-hydrogen) atoms. The van der Waals surface area contributed by atoms with Gasteiger partial charge < -0.3 is 26.0 Å². The number of aromatic amines is 1. The van der Waals surface area contributed by atoms with Gasteiger partial charge in [-0.2, -0.15) is 0 Å². The molecule has 0 aliphatic carbocycles. The topological polar surface area (TPSA) is 124 Å².